The van der Waals surface area contributed by atoms with Crippen LogP contribution in [0.3, 0.4) is 0 Å². The third-order valence-electron chi connectivity index (χ3n) is 6.93. The quantitative estimate of drug-likeness (QED) is 0.756. The molecule has 5 rings (SSSR count). The normalized spacial score (nSPS) is 22.5. The van der Waals surface area contributed by atoms with Crippen LogP contribution in [0.2, 0.25) is 0 Å². The van der Waals surface area contributed by atoms with Crippen LogP contribution >= 0.6 is 0 Å². The van der Waals surface area contributed by atoms with E-state index in [1.807, 2.05) is 29.3 Å². The number of hydrazine groups is 1. The number of benzene rings is 2. The minimum Gasteiger partial charge on any atom is -0.493 e. The van der Waals surface area contributed by atoms with Crippen molar-refractivity contribution < 1.29 is 19.0 Å². The van der Waals surface area contributed by atoms with Crippen LogP contribution in [0.15, 0.2) is 41.4 Å². The Morgan fingerprint density at radius 3 is 2.45 bits per heavy atom. The van der Waals surface area contributed by atoms with E-state index in [4.69, 9.17) is 19.2 Å². The maximum atomic E-state index is 12.7. The number of hydrogen-bond acceptors (Lipinski definition) is 6. The number of carbonyl (C=O) groups is 1. The van der Waals surface area contributed by atoms with Crippen molar-refractivity contribution in [2.24, 2.45) is 4.99 Å². The molecule has 7 heteroatoms. The van der Waals surface area contributed by atoms with Gasteiger partial charge in [0.1, 0.15) is 0 Å². The second-order valence-corrected chi connectivity index (χ2v) is 8.85. The van der Waals surface area contributed by atoms with E-state index >= 15 is 0 Å². The van der Waals surface area contributed by atoms with E-state index in [-0.39, 0.29) is 11.9 Å². The Bertz CT molecular complexity index is 1040. The van der Waals surface area contributed by atoms with Crippen LogP contribution in [-0.2, 0) is 4.74 Å². The third kappa shape index (κ3) is 4.35. The summed E-state index contributed by atoms with van der Waals surface area (Å²) >= 11 is 0. The monoisotopic (exact) mass is 449 g/mol. The number of aliphatic imine (C=N–C) groups is 1. The number of morpholine rings is 1. The molecular weight excluding hydrogens is 418 g/mol. The Kier molecular flexibility index (Phi) is 6.33. The molecule has 1 saturated carbocycles. The molecule has 2 heterocycles. The molecule has 0 bridgehead atoms. The first kappa shape index (κ1) is 21.9. The van der Waals surface area contributed by atoms with Crippen molar-refractivity contribution in [1.82, 2.24) is 10.4 Å². The fourth-order valence-corrected chi connectivity index (χ4v) is 5.16. The van der Waals surface area contributed by atoms with Crippen molar-refractivity contribution in [3.8, 4) is 11.5 Å². The lowest BCUT2D eigenvalue weighted by atomic mass is 9.75. The largest absolute Gasteiger partial charge is 0.493 e. The molecule has 2 aromatic rings. The first-order valence-electron chi connectivity index (χ1n) is 11.8. The van der Waals surface area contributed by atoms with Crippen molar-refractivity contribution in [3.05, 3.63) is 58.7 Å². The molecule has 2 aliphatic heterocycles. The number of nitrogens with one attached hydrogen (secondary N) is 1. The zero-order chi connectivity index (χ0) is 22.8. The third-order valence-corrected chi connectivity index (χ3v) is 6.93. The number of rotatable bonds is 5. The van der Waals surface area contributed by atoms with Crippen LogP contribution in [0.4, 0.5) is 0 Å². The summed E-state index contributed by atoms with van der Waals surface area (Å²) in [5.74, 6) is 1.78. The summed E-state index contributed by atoms with van der Waals surface area (Å²) in [6, 6.07) is 12.2. The van der Waals surface area contributed by atoms with Crippen molar-refractivity contribution in [2.45, 2.75) is 37.6 Å². The summed E-state index contributed by atoms with van der Waals surface area (Å²) in [7, 11) is 3.34. The van der Waals surface area contributed by atoms with Crippen molar-refractivity contribution in [3.63, 3.8) is 0 Å². The van der Waals surface area contributed by atoms with Gasteiger partial charge in [-0.2, -0.15) is 0 Å². The van der Waals surface area contributed by atoms with E-state index < -0.39 is 0 Å². The molecule has 3 aliphatic rings. The molecule has 174 valence electrons. The topological polar surface area (TPSA) is 72.4 Å². The molecule has 0 aromatic heterocycles. The molecule has 2 fully saturated rings. The van der Waals surface area contributed by atoms with Crippen LogP contribution in [0.5, 0.6) is 11.5 Å². The molecule has 2 aromatic carbocycles. The minimum absolute atomic E-state index is 0.104. The van der Waals surface area contributed by atoms with Gasteiger partial charge < -0.3 is 14.2 Å². The van der Waals surface area contributed by atoms with Gasteiger partial charge in [-0.15, -0.1) is 0 Å². The molecule has 1 amide bonds. The van der Waals surface area contributed by atoms with E-state index in [0.717, 1.165) is 35.4 Å². The predicted octanol–water partition coefficient (Wildman–Crippen LogP) is 3.56. The summed E-state index contributed by atoms with van der Waals surface area (Å²) in [6.45, 7) is 2.67. The molecule has 7 nitrogen and oxygen atoms in total. The standard InChI is InChI=1S/C26H31N3O4/c1-31-23-15-20-19-5-3-4-6-22(19)27-25(21(20)16-24(23)32-2)17-7-9-18(10-8-17)26(30)28-29-11-13-33-14-12-29/h7-10,15-16,19,22H,3-6,11-14H2,1-2H3,(H,28,30)/t19-,22-/m1/s1. The van der Waals surface area contributed by atoms with E-state index in [0.29, 0.717) is 43.5 Å². The van der Waals surface area contributed by atoms with Gasteiger partial charge in [0.15, 0.2) is 11.5 Å². The molecule has 0 unspecified atom stereocenters. The summed E-state index contributed by atoms with van der Waals surface area (Å²) in [5, 5.41) is 1.91. The number of amides is 1. The van der Waals surface area contributed by atoms with Gasteiger partial charge in [0.25, 0.3) is 5.91 Å². The lowest BCUT2D eigenvalue weighted by Gasteiger charge is -2.35. The Balaban J connectivity index is 1.45. The highest BCUT2D eigenvalue weighted by atomic mass is 16.5. The lowest BCUT2D eigenvalue weighted by molar-refractivity contribution is 0.0126. The average Bonchev–Trinajstić information content (AvgIpc) is 2.88. The van der Waals surface area contributed by atoms with E-state index in [1.165, 1.54) is 18.4 Å². The summed E-state index contributed by atoms with van der Waals surface area (Å²) < 4.78 is 16.5. The molecule has 33 heavy (non-hydrogen) atoms. The first-order valence-corrected chi connectivity index (χ1v) is 11.8. The highest BCUT2D eigenvalue weighted by molar-refractivity contribution is 6.15. The molecule has 0 spiro atoms. The van der Waals surface area contributed by atoms with Crippen LogP contribution in [0, 0.1) is 0 Å². The van der Waals surface area contributed by atoms with Crippen LogP contribution in [0.25, 0.3) is 0 Å². The number of carbonyl (C=O) groups excluding carboxylic acids is 1. The number of hydrogen-bond donors (Lipinski definition) is 1. The summed E-state index contributed by atoms with van der Waals surface area (Å²) in [6.07, 6.45) is 4.68. The van der Waals surface area contributed by atoms with Crippen LogP contribution < -0.4 is 14.9 Å². The molecular formula is C26H31N3O4. The zero-order valence-electron chi connectivity index (χ0n) is 19.3. The van der Waals surface area contributed by atoms with E-state index in [9.17, 15) is 4.79 Å². The summed E-state index contributed by atoms with van der Waals surface area (Å²) in [4.78, 5) is 17.9. The number of nitrogens with zero attached hydrogens (tertiary/aromatic N) is 2. The lowest BCUT2D eigenvalue weighted by Crippen LogP contribution is -2.48. The second kappa shape index (κ2) is 9.53. The molecule has 2 atom stereocenters. The highest BCUT2D eigenvalue weighted by Crippen LogP contribution is 2.44. The van der Waals surface area contributed by atoms with Gasteiger partial charge >= 0.3 is 0 Å². The zero-order valence-corrected chi connectivity index (χ0v) is 19.3. The van der Waals surface area contributed by atoms with Gasteiger partial charge in [-0.1, -0.05) is 25.0 Å². The van der Waals surface area contributed by atoms with Gasteiger partial charge in [-0.3, -0.25) is 15.2 Å². The highest BCUT2D eigenvalue weighted by Gasteiger charge is 2.34. The molecule has 1 N–H and O–H groups in total. The van der Waals surface area contributed by atoms with Gasteiger partial charge in [-0.05, 0) is 42.7 Å². The Morgan fingerprint density at radius 2 is 1.73 bits per heavy atom. The Morgan fingerprint density at radius 1 is 1.03 bits per heavy atom. The maximum absolute atomic E-state index is 12.7. The number of methoxy groups -OCH3 is 2. The van der Waals surface area contributed by atoms with Gasteiger partial charge in [0, 0.05) is 35.7 Å². The summed E-state index contributed by atoms with van der Waals surface area (Å²) in [5.41, 5.74) is 7.96. The SMILES string of the molecule is COc1cc2c(cc1OC)[C@H]1CCCC[C@H]1N=C2c1ccc(C(=O)NN2CCOCC2)cc1. The number of ether oxygens (including phenoxy) is 3. The molecule has 0 radical (unpaired) electrons. The molecule has 1 saturated heterocycles. The first-order chi connectivity index (χ1) is 16.2. The Hall–Kier alpha value is -2.90. The van der Waals surface area contributed by atoms with Crippen molar-refractivity contribution in [1.29, 1.82) is 0 Å². The van der Waals surface area contributed by atoms with Crippen molar-refractivity contribution >= 4 is 11.6 Å². The van der Waals surface area contributed by atoms with Crippen LogP contribution in [-0.4, -0.2) is 63.2 Å². The van der Waals surface area contributed by atoms with Crippen molar-refractivity contribution in [2.75, 3.05) is 40.5 Å². The average molecular weight is 450 g/mol. The predicted molar refractivity (Wildman–Crippen MR) is 126 cm³/mol. The number of fused-ring (bicyclic) bond motifs is 3. The fourth-order valence-electron chi connectivity index (χ4n) is 5.16. The second-order valence-electron chi connectivity index (χ2n) is 8.85. The van der Waals surface area contributed by atoms with Gasteiger partial charge in [-0.25, -0.2) is 5.01 Å². The smallest absolute Gasteiger partial charge is 0.265 e. The maximum Gasteiger partial charge on any atom is 0.265 e. The Labute approximate surface area is 194 Å². The van der Waals surface area contributed by atoms with Gasteiger partial charge in [0.05, 0.1) is 39.2 Å². The van der Waals surface area contributed by atoms with E-state index in [2.05, 4.69) is 17.6 Å². The van der Waals surface area contributed by atoms with Gasteiger partial charge in [0.2, 0.25) is 0 Å². The minimum atomic E-state index is -0.104. The van der Waals surface area contributed by atoms with Crippen LogP contribution in [0.1, 0.15) is 58.6 Å². The molecule has 1 aliphatic carbocycles. The van der Waals surface area contributed by atoms with E-state index in [1.54, 1.807) is 14.2 Å². The fraction of sp³-hybridized carbons (Fsp3) is 0.462.